The maximum atomic E-state index is 11.8. The van der Waals surface area contributed by atoms with Crippen molar-refractivity contribution in [2.24, 2.45) is 5.92 Å². The van der Waals surface area contributed by atoms with E-state index in [1.165, 1.54) is 17.4 Å². The van der Waals surface area contributed by atoms with Crippen molar-refractivity contribution >= 4 is 9.84 Å². The highest BCUT2D eigenvalue weighted by Crippen LogP contribution is 2.40. The van der Waals surface area contributed by atoms with Crippen LogP contribution >= 0.6 is 0 Å². The molecule has 4 heteroatoms. The molecular formula is C16H23NO2S. The van der Waals surface area contributed by atoms with Crippen LogP contribution in [-0.4, -0.2) is 26.5 Å². The normalized spacial score (nSPS) is 30.8. The monoisotopic (exact) mass is 293 g/mol. The molecule has 1 fully saturated rings. The molecule has 3 nitrogen and oxygen atoms in total. The average Bonchev–Trinajstić information content (AvgIpc) is 2.46. The fourth-order valence-corrected chi connectivity index (χ4v) is 5.08. The predicted molar refractivity (Wildman–Crippen MR) is 81.5 cm³/mol. The molecule has 1 heterocycles. The number of nitrogens with one attached hydrogen (secondary N) is 1. The number of fused-ring (bicyclic) bond motifs is 1. The Hall–Kier alpha value is -0.870. The first-order valence-electron chi connectivity index (χ1n) is 7.53. The SMILES string of the molecule is CS(=O)(=O)C1CCCC(C2CNCc3ccccc32)C1. The van der Waals surface area contributed by atoms with E-state index in [2.05, 4.69) is 29.6 Å². The van der Waals surface area contributed by atoms with Gasteiger partial charge in [-0.1, -0.05) is 30.7 Å². The Labute approximate surface area is 121 Å². The van der Waals surface area contributed by atoms with E-state index in [1.54, 1.807) is 0 Å². The van der Waals surface area contributed by atoms with E-state index >= 15 is 0 Å². The van der Waals surface area contributed by atoms with Crippen LogP contribution in [0, 0.1) is 5.92 Å². The predicted octanol–water partition coefficient (Wildman–Crippen LogP) is 2.48. The van der Waals surface area contributed by atoms with Crippen LogP contribution in [0.2, 0.25) is 0 Å². The van der Waals surface area contributed by atoms with E-state index in [0.29, 0.717) is 11.8 Å². The lowest BCUT2D eigenvalue weighted by Gasteiger charge is -2.37. The summed E-state index contributed by atoms with van der Waals surface area (Å²) in [4.78, 5) is 0. The highest BCUT2D eigenvalue weighted by molar-refractivity contribution is 7.91. The van der Waals surface area contributed by atoms with Gasteiger partial charge in [-0.2, -0.15) is 0 Å². The Morgan fingerprint density at radius 2 is 2.00 bits per heavy atom. The molecule has 1 saturated carbocycles. The summed E-state index contributed by atoms with van der Waals surface area (Å²) in [7, 11) is -2.90. The van der Waals surface area contributed by atoms with Crippen molar-refractivity contribution in [2.45, 2.75) is 43.4 Å². The minimum Gasteiger partial charge on any atom is -0.312 e. The summed E-state index contributed by atoms with van der Waals surface area (Å²) in [6.07, 6.45) is 5.28. The van der Waals surface area contributed by atoms with Gasteiger partial charge >= 0.3 is 0 Å². The van der Waals surface area contributed by atoms with Gasteiger partial charge in [0.05, 0.1) is 5.25 Å². The van der Waals surface area contributed by atoms with Crippen molar-refractivity contribution in [3.05, 3.63) is 35.4 Å². The van der Waals surface area contributed by atoms with Gasteiger partial charge in [0.2, 0.25) is 0 Å². The Balaban J connectivity index is 1.83. The largest absolute Gasteiger partial charge is 0.312 e. The highest BCUT2D eigenvalue weighted by Gasteiger charge is 2.35. The molecule has 0 saturated heterocycles. The molecule has 1 aliphatic heterocycles. The van der Waals surface area contributed by atoms with Gasteiger partial charge in [-0.3, -0.25) is 0 Å². The van der Waals surface area contributed by atoms with Crippen LogP contribution in [0.25, 0.3) is 0 Å². The van der Waals surface area contributed by atoms with Crippen LogP contribution in [0.4, 0.5) is 0 Å². The van der Waals surface area contributed by atoms with E-state index in [1.807, 2.05) is 0 Å². The Morgan fingerprint density at radius 3 is 2.80 bits per heavy atom. The van der Waals surface area contributed by atoms with Crippen molar-refractivity contribution in [2.75, 3.05) is 12.8 Å². The van der Waals surface area contributed by atoms with Gasteiger partial charge < -0.3 is 5.32 Å². The second-order valence-corrected chi connectivity index (χ2v) is 8.64. The molecule has 1 aromatic carbocycles. The molecule has 0 amide bonds. The lowest BCUT2D eigenvalue weighted by atomic mass is 9.74. The molecule has 1 N–H and O–H groups in total. The zero-order chi connectivity index (χ0) is 14.2. The lowest BCUT2D eigenvalue weighted by Crippen LogP contribution is -2.37. The summed E-state index contributed by atoms with van der Waals surface area (Å²) in [5, 5.41) is 3.36. The first-order chi connectivity index (χ1) is 9.55. The van der Waals surface area contributed by atoms with Gasteiger partial charge in [-0.05, 0) is 42.2 Å². The van der Waals surface area contributed by atoms with Crippen molar-refractivity contribution in [3.8, 4) is 0 Å². The van der Waals surface area contributed by atoms with E-state index < -0.39 is 9.84 Å². The fourth-order valence-electron chi connectivity index (χ4n) is 3.89. The van der Waals surface area contributed by atoms with Gasteiger partial charge in [-0.15, -0.1) is 0 Å². The van der Waals surface area contributed by atoms with Crippen molar-refractivity contribution < 1.29 is 8.42 Å². The molecule has 110 valence electrons. The smallest absolute Gasteiger partial charge is 0.150 e. The number of hydrogen-bond acceptors (Lipinski definition) is 3. The second-order valence-electron chi connectivity index (χ2n) is 6.31. The van der Waals surface area contributed by atoms with E-state index in [4.69, 9.17) is 0 Å². The molecule has 1 aromatic rings. The van der Waals surface area contributed by atoms with Crippen LogP contribution < -0.4 is 5.32 Å². The molecule has 20 heavy (non-hydrogen) atoms. The molecule has 0 aromatic heterocycles. The summed E-state index contributed by atoms with van der Waals surface area (Å²) in [5.74, 6) is 0.974. The molecule has 0 bridgehead atoms. The minimum atomic E-state index is -2.90. The van der Waals surface area contributed by atoms with Gasteiger partial charge in [0.15, 0.2) is 0 Å². The zero-order valence-electron chi connectivity index (χ0n) is 12.0. The fraction of sp³-hybridized carbons (Fsp3) is 0.625. The molecular weight excluding hydrogens is 270 g/mol. The minimum absolute atomic E-state index is 0.129. The molecule has 3 unspecified atom stereocenters. The Morgan fingerprint density at radius 1 is 1.20 bits per heavy atom. The lowest BCUT2D eigenvalue weighted by molar-refractivity contribution is 0.289. The van der Waals surface area contributed by atoms with Gasteiger partial charge in [0, 0.05) is 19.3 Å². The molecule has 1 aliphatic carbocycles. The maximum Gasteiger partial charge on any atom is 0.150 e. The van der Waals surface area contributed by atoms with Gasteiger partial charge in [0.25, 0.3) is 0 Å². The topological polar surface area (TPSA) is 46.2 Å². The van der Waals surface area contributed by atoms with Crippen molar-refractivity contribution in [3.63, 3.8) is 0 Å². The number of benzene rings is 1. The van der Waals surface area contributed by atoms with Crippen LogP contribution in [-0.2, 0) is 16.4 Å². The number of hydrogen-bond donors (Lipinski definition) is 1. The molecule has 3 atom stereocenters. The summed E-state index contributed by atoms with van der Waals surface area (Å²) in [6.45, 7) is 1.92. The molecule has 0 spiro atoms. The second kappa shape index (κ2) is 5.49. The first-order valence-corrected chi connectivity index (χ1v) is 9.48. The standard InChI is InChI=1S/C16H23NO2S/c1-20(18,19)14-7-4-6-12(9-14)16-11-17-10-13-5-2-3-8-15(13)16/h2-3,5,8,12,14,16-17H,4,6-7,9-11H2,1H3. The number of sulfone groups is 1. The summed E-state index contributed by atoms with van der Waals surface area (Å²) >= 11 is 0. The van der Waals surface area contributed by atoms with Crippen LogP contribution in [0.3, 0.4) is 0 Å². The van der Waals surface area contributed by atoms with E-state index in [-0.39, 0.29) is 5.25 Å². The van der Waals surface area contributed by atoms with Crippen molar-refractivity contribution in [1.29, 1.82) is 0 Å². The quantitative estimate of drug-likeness (QED) is 0.911. The average molecular weight is 293 g/mol. The first kappa shape index (κ1) is 14.1. The molecule has 2 aliphatic rings. The third kappa shape index (κ3) is 2.77. The number of rotatable bonds is 2. The summed E-state index contributed by atoms with van der Waals surface area (Å²) in [6, 6.07) is 8.60. The molecule has 3 rings (SSSR count). The highest BCUT2D eigenvalue weighted by atomic mass is 32.2. The third-order valence-corrected chi connectivity index (χ3v) is 6.61. The maximum absolute atomic E-state index is 11.8. The van der Waals surface area contributed by atoms with Crippen LogP contribution in [0.5, 0.6) is 0 Å². The molecule has 0 radical (unpaired) electrons. The van der Waals surface area contributed by atoms with Crippen LogP contribution in [0.15, 0.2) is 24.3 Å². The van der Waals surface area contributed by atoms with Crippen molar-refractivity contribution in [1.82, 2.24) is 5.32 Å². The van der Waals surface area contributed by atoms with E-state index in [9.17, 15) is 8.42 Å². The van der Waals surface area contributed by atoms with Gasteiger partial charge in [-0.25, -0.2) is 8.42 Å². The van der Waals surface area contributed by atoms with E-state index in [0.717, 1.165) is 38.8 Å². The Bertz CT molecular complexity index is 582. The van der Waals surface area contributed by atoms with Gasteiger partial charge in [0.1, 0.15) is 9.84 Å². The zero-order valence-corrected chi connectivity index (χ0v) is 12.8. The summed E-state index contributed by atoms with van der Waals surface area (Å²) < 4.78 is 23.7. The third-order valence-electron chi connectivity index (χ3n) is 4.98. The Kier molecular flexibility index (Phi) is 3.87. The summed E-state index contributed by atoms with van der Waals surface area (Å²) in [5.41, 5.74) is 2.82. The van der Waals surface area contributed by atoms with Crippen LogP contribution in [0.1, 0.15) is 42.7 Å².